The predicted molar refractivity (Wildman–Crippen MR) is 132 cm³/mol. The Bertz CT molecular complexity index is 994. The zero-order valence-corrected chi connectivity index (χ0v) is 20.5. The first-order valence-corrected chi connectivity index (χ1v) is 12.0. The van der Waals surface area contributed by atoms with Gasteiger partial charge in [0, 0.05) is 26.0 Å². The highest BCUT2D eigenvalue weighted by Gasteiger charge is 2.30. The van der Waals surface area contributed by atoms with Gasteiger partial charge in [0.2, 0.25) is 5.91 Å². The number of carbonyl (C=O) groups excluding carboxylic acids is 2. The van der Waals surface area contributed by atoms with Crippen molar-refractivity contribution in [3.8, 4) is 11.1 Å². The summed E-state index contributed by atoms with van der Waals surface area (Å²) in [6.45, 7) is 4.30. The summed E-state index contributed by atoms with van der Waals surface area (Å²) in [5, 5.41) is 14.5. The lowest BCUT2D eigenvalue weighted by Gasteiger charge is -2.22. The number of carboxylic acids is 1. The molecular weight excluding hydrogens is 448 g/mol. The number of carbonyl (C=O) groups is 3. The first-order chi connectivity index (χ1) is 16.8. The van der Waals surface area contributed by atoms with Crippen LogP contribution in [0.4, 0.5) is 4.79 Å². The third-order valence-electron chi connectivity index (χ3n) is 6.55. The van der Waals surface area contributed by atoms with Gasteiger partial charge in [0.05, 0.1) is 0 Å². The molecule has 0 heterocycles. The minimum absolute atomic E-state index is 0.0722. The van der Waals surface area contributed by atoms with Crippen molar-refractivity contribution in [1.82, 2.24) is 10.6 Å². The fourth-order valence-electron chi connectivity index (χ4n) is 4.37. The number of nitrogens with one attached hydrogen (secondary N) is 2. The molecule has 3 N–H and O–H groups in total. The van der Waals surface area contributed by atoms with Gasteiger partial charge >= 0.3 is 12.1 Å². The fraction of sp³-hybridized carbons (Fsp3) is 0.444. The van der Waals surface area contributed by atoms with E-state index in [4.69, 9.17) is 14.6 Å². The Hall–Kier alpha value is -3.39. The molecular formula is C27H34N2O6. The smallest absolute Gasteiger partial charge is 0.407 e. The summed E-state index contributed by atoms with van der Waals surface area (Å²) < 4.78 is 10.5. The van der Waals surface area contributed by atoms with E-state index in [0.717, 1.165) is 28.7 Å². The highest BCUT2D eigenvalue weighted by atomic mass is 16.5. The summed E-state index contributed by atoms with van der Waals surface area (Å²) in [5.41, 5.74) is 4.51. The van der Waals surface area contributed by atoms with Gasteiger partial charge in [-0.1, -0.05) is 68.8 Å². The zero-order chi connectivity index (χ0) is 25.4. The van der Waals surface area contributed by atoms with Crippen LogP contribution < -0.4 is 10.6 Å². The second-order valence-corrected chi connectivity index (χ2v) is 8.91. The molecule has 1 aliphatic carbocycles. The van der Waals surface area contributed by atoms with Crippen LogP contribution >= 0.6 is 0 Å². The second-order valence-electron chi connectivity index (χ2n) is 8.91. The van der Waals surface area contributed by atoms with Crippen molar-refractivity contribution in [2.75, 3.05) is 20.3 Å². The molecule has 8 nitrogen and oxygen atoms in total. The van der Waals surface area contributed by atoms with Crippen molar-refractivity contribution in [2.45, 2.75) is 51.2 Å². The van der Waals surface area contributed by atoms with Crippen LogP contribution in [0, 0.1) is 5.92 Å². The summed E-state index contributed by atoms with van der Waals surface area (Å²) in [5.74, 6) is -1.34. The van der Waals surface area contributed by atoms with Crippen LogP contribution in [0.2, 0.25) is 0 Å². The molecule has 0 bridgehead atoms. The van der Waals surface area contributed by atoms with Crippen LogP contribution in [-0.2, 0) is 19.1 Å². The number of carboxylic acid groups (broad SMARTS) is 1. The van der Waals surface area contributed by atoms with E-state index in [1.165, 1.54) is 7.11 Å². The van der Waals surface area contributed by atoms with Crippen molar-refractivity contribution in [3.63, 3.8) is 0 Å². The van der Waals surface area contributed by atoms with E-state index in [0.29, 0.717) is 6.42 Å². The summed E-state index contributed by atoms with van der Waals surface area (Å²) >= 11 is 0. The zero-order valence-electron chi connectivity index (χ0n) is 20.5. The normalized spacial score (nSPS) is 14.8. The van der Waals surface area contributed by atoms with E-state index in [2.05, 4.69) is 22.8 Å². The summed E-state index contributed by atoms with van der Waals surface area (Å²) in [6.07, 6.45) is -0.243. The average molecular weight is 483 g/mol. The molecule has 3 rings (SSSR count). The van der Waals surface area contributed by atoms with E-state index < -0.39 is 24.2 Å². The average Bonchev–Trinajstić information content (AvgIpc) is 3.18. The number of amides is 2. The molecule has 0 fully saturated rings. The number of hydrogen-bond acceptors (Lipinski definition) is 5. The summed E-state index contributed by atoms with van der Waals surface area (Å²) in [4.78, 5) is 36.6. The monoisotopic (exact) mass is 482 g/mol. The third-order valence-corrected chi connectivity index (χ3v) is 6.55. The fourth-order valence-corrected chi connectivity index (χ4v) is 4.37. The van der Waals surface area contributed by atoms with Crippen molar-refractivity contribution in [1.29, 1.82) is 0 Å². The molecule has 0 saturated heterocycles. The number of aliphatic carboxylic acids is 1. The molecule has 0 aromatic heterocycles. The Morgan fingerprint density at radius 1 is 1.03 bits per heavy atom. The lowest BCUT2D eigenvalue weighted by atomic mass is 9.98. The lowest BCUT2D eigenvalue weighted by Crippen LogP contribution is -2.48. The van der Waals surface area contributed by atoms with Crippen molar-refractivity contribution >= 4 is 18.0 Å². The molecule has 2 aromatic carbocycles. The van der Waals surface area contributed by atoms with Gasteiger partial charge < -0.3 is 25.2 Å². The molecule has 188 valence electrons. The molecule has 0 spiro atoms. The lowest BCUT2D eigenvalue weighted by molar-refractivity contribution is -0.149. The number of rotatable bonds is 12. The summed E-state index contributed by atoms with van der Waals surface area (Å²) in [6, 6.07) is 15.4. The first-order valence-electron chi connectivity index (χ1n) is 12.0. The predicted octanol–water partition coefficient (Wildman–Crippen LogP) is 3.94. The molecule has 0 radical (unpaired) electrons. The van der Waals surface area contributed by atoms with Crippen LogP contribution in [0.15, 0.2) is 48.5 Å². The van der Waals surface area contributed by atoms with Crippen LogP contribution in [0.1, 0.15) is 50.2 Å². The van der Waals surface area contributed by atoms with Crippen LogP contribution in [0.25, 0.3) is 11.1 Å². The van der Waals surface area contributed by atoms with E-state index in [1.807, 2.05) is 50.2 Å². The molecule has 2 amide bonds. The molecule has 35 heavy (non-hydrogen) atoms. The standard InChI is InChI=1S/C27H34N2O6/c1-4-17(2)15-23(25(30)28-14-13-24(34-3)26(31)32)29-27(33)35-16-22-20-11-7-5-9-18(20)19-10-6-8-12-21(19)22/h5-12,17,22-24H,4,13-16H2,1-3H3,(H,28,30)(H,29,33)(H,31,32). The van der Waals surface area contributed by atoms with Crippen LogP contribution in [-0.4, -0.2) is 55.5 Å². The van der Waals surface area contributed by atoms with Crippen molar-refractivity contribution in [2.24, 2.45) is 5.92 Å². The maximum Gasteiger partial charge on any atom is 0.407 e. The number of alkyl carbamates (subject to hydrolysis) is 1. The molecule has 3 atom stereocenters. The van der Waals surface area contributed by atoms with Gasteiger partial charge in [0.15, 0.2) is 6.10 Å². The van der Waals surface area contributed by atoms with Crippen LogP contribution in [0.3, 0.4) is 0 Å². The quantitative estimate of drug-likeness (QED) is 0.422. The number of fused-ring (bicyclic) bond motifs is 3. The molecule has 8 heteroatoms. The third kappa shape index (κ3) is 6.60. The Balaban J connectivity index is 1.61. The van der Waals surface area contributed by atoms with E-state index in [1.54, 1.807) is 0 Å². The van der Waals surface area contributed by atoms with Gasteiger partial charge in [0.1, 0.15) is 12.6 Å². The minimum atomic E-state index is -1.09. The molecule has 3 unspecified atom stereocenters. The van der Waals surface area contributed by atoms with Gasteiger partial charge in [-0.3, -0.25) is 4.79 Å². The molecule has 1 aliphatic rings. The number of benzene rings is 2. The van der Waals surface area contributed by atoms with Gasteiger partial charge in [-0.25, -0.2) is 9.59 Å². The number of methoxy groups -OCH3 is 1. The van der Waals surface area contributed by atoms with Gasteiger partial charge in [0.25, 0.3) is 0 Å². The Labute approximate surface area is 206 Å². The Morgan fingerprint density at radius 3 is 2.17 bits per heavy atom. The van der Waals surface area contributed by atoms with Gasteiger partial charge in [-0.15, -0.1) is 0 Å². The molecule has 0 aliphatic heterocycles. The molecule has 0 saturated carbocycles. The largest absolute Gasteiger partial charge is 0.479 e. The maximum absolute atomic E-state index is 12.8. The van der Waals surface area contributed by atoms with Crippen LogP contribution in [0.5, 0.6) is 0 Å². The Kier molecular flexibility index (Phi) is 9.25. The highest BCUT2D eigenvalue weighted by molar-refractivity contribution is 5.86. The molecule has 2 aromatic rings. The van der Waals surface area contributed by atoms with E-state index in [9.17, 15) is 14.4 Å². The topological polar surface area (TPSA) is 114 Å². The number of hydrogen-bond donors (Lipinski definition) is 3. The minimum Gasteiger partial charge on any atom is -0.479 e. The summed E-state index contributed by atoms with van der Waals surface area (Å²) in [7, 11) is 1.31. The van der Waals surface area contributed by atoms with Crippen molar-refractivity contribution in [3.05, 3.63) is 59.7 Å². The number of ether oxygens (including phenoxy) is 2. The SMILES string of the molecule is CCC(C)CC(NC(=O)OCC1c2ccccc2-c2ccccc21)C(=O)NCCC(OC)C(=O)O. The second kappa shape index (κ2) is 12.4. The van der Waals surface area contributed by atoms with Crippen molar-refractivity contribution < 1.29 is 29.0 Å². The Morgan fingerprint density at radius 2 is 1.63 bits per heavy atom. The highest BCUT2D eigenvalue weighted by Crippen LogP contribution is 2.44. The van der Waals surface area contributed by atoms with Gasteiger partial charge in [-0.2, -0.15) is 0 Å². The van der Waals surface area contributed by atoms with Gasteiger partial charge in [-0.05, 0) is 34.6 Å². The van der Waals surface area contributed by atoms with E-state index in [-0.39, 0.29) is 37.3 Å². The maximum atomic E-state index is 12.8. The first kappa shape index (κ1) is 26.2. The van der Waals surface area contributed by atoms with E-state index >= 15 is 0 Å².